The van der Waals surface area contributed by atoms with Crippen LogP contribution in [-0.2, 0) is 6.42 Å². The van der Waals surface area contributed by atoms with Crippen molar-refractivity contribution in [2.75, 3.05) is 13.2 Å². The standard InChI is InChI=1S/C15H19N3O2/c1-2-9-20-14-5-3-12(4-6-14)15(19)17-8-7-13-10-16-11-18-13/h3-6,10-11H,2,7-9H2,1H3,(H,16,18)(H,17,19). The van der Waals surface area contributed by atoms with Crippen LogP contribution in [0.5, 0.6) is 5.75 Å². The summed E-state index contributed by atoms with van der Waals surface area (Å²) >= 11 is 0. The number of H-pyrrole nitrogens is 1. The fraction of sp³-hybridized carbons (Fsp3) is 0.333. The quantitative estimate of drug-likeness (QED) is 0.812. The molecule has 0 fully saturated rings. The first-order chi connectivity index (χ1) is 9.79. The lowest BCUT2D eigenvalue weighted by Gasteiger charge is -2.07. The Morgan fingerprint density at radius 1 is 1.35 bits per heavy atom. The van der Waals surface area contributed by atoms with E-state index in [1.165, 1.54) is 0 Å². The molecule has 0 aliphatic heterocycles. The Hall–Kier alpha value is -2.30. The Bertz CT molecular complexity index is 521. The van der Waals surface area contributed by atoms with Crippen molar-refractivity contribution in [3.63, 3.8) is 0 Å². The zero-order valence-corrected chi connectivity index (χ0v) is 11.6. The lowest BCUT2D eigenvalue weighted by Crippen LogP contribution is -2.25. The minimum Gasteiger partial charge on any atom is -0.494 e. The van der Waals surface area contributed by atoms with E-state index in [9.17, 15) is 4.79 Å². The lowest BCUT2D eigenvalue weighted by molar-refractivity contribution is 0.0954. The molecular weight excluding hydrogens is 254 g/mol. The highest BCUT2D eigenvalue weighted by molar-refractivity contribution is 5.94. The van der Waals surface area contributed by atoms with E-state index in [1.54, 1.807) is 24.7 Å². The molecule has 5 heteroatoms. The summed E-state index contributed by atoms with van der Waals surface area (Å²) in [6, 6.07) is 7.19. The summed E-state index contributed by atoms with van der Waals surface area (Å²) in [6.07, 6.45) is 5.09. The molecule has 2 rings (SSSR count). The van der Waals surface area contributed by atoms with Crippen molar-refractivity contribution in [2.24, 2.45) is 0 Å². The van der Waals surface area contributed by atoms with Gasteiger partial charge in [0.25, 0.3) is 5.91 Å². The maximum absolute atomic E-state index is 11.9. The van der Waals surface area contributed by atoms with Gasteiger partial charge >= 0.3 is 0 Å². The fourth-order valence-electron chi connectivity index (χ4n) is 1.76. The van der Waals surface area contributed by atoms with E-state index in [0.29, 0.717) is 18.7 Å². The van der Waals surface area contributed by atoms with E-state index in [4.69, 9.17) is 4.74 Å². The van der Waals surface area contributed by atoms with E-state index in [2.05, 4.69) is 22.2 Å². The van der Waals surface area contributed by atoms with Gasteiger partial charge in [0.1, 0.15) is 5.75 Å². The molecule has 0 aliphatic carbocycles. The van der Waals surface area contributed by atoms with E-state index in [0.717, 1.165) is 24.3 Å². The van der Waals surface area contributed by atoms with Gasteiger partial charge in [0, 0.05) is 30.4 Å². The summed E-state index contributed by atoms with van der Waals surface area (Å²) in [4.78, 5) is 18.8. The SMILES string of the molecule is CCCOc1ccc(C(=O)NCCc2cnc[nH]2)cc1. The molecule has 2 aromatic rings. The predicted molar refractivity (Wildman–Crippen MR) is 76.9 cm³/mol. The van der Waals surface area contributed by atoms with Gasteiger partial charge in [-0.2, -0.15) is 0 Å². The van der Waals surface area contributed by atoms with Crippen LogP contribution >= 0.6 is 0 Å². The van der Waals surface area contributed by atoms with E-state index < -0.39 is 0 Å². The average molecular weight is 273 g/mol. The van der Waals surface area contributed by atoms with Gasteiger partial charge in [0.15, 0.2) is 0 Å². The molecule has 1 amide bonds. The van der Waals surface area contributed by atoms with Crippen molar-refractivity contribution in [3.05, 3.63) is 48.0 Å². The number of nitrogens with zero attached hydrogens (tertiary/aromatic N) is 1. The molecule has 2 N–H and O–H groups in total. The van der Waals surface area contributed by atoms with Crippen molar-refractivity contribution >= 4 is 5.91 Å². The number of imidazole rings is 1. The van der Waals surface area contributed by atoms with Gasteiger partial charge in [0.2, 0.25) is 0 Å². The molecule has 0 saturated carbocycles. The van der Waals surface area contributed by atoms with E-state index >= 15 is 0 Å². The van der Waals surface area contributed by atoms with Crippen LogP contribution in [0.15, 0.2) is 36.8 Å². The van der Waals surface area contributed by atoms with Crippen molar-refractivity contribution in [3.8, 4) is 5.75 Å². The molecule has 0 bridgehead atoms. The lowest BCUT2D eigenvalue weighted by atomic mass is 10.2. The van der Waals surface area contributed by atoms with Gasteiger partial charge in [0.05, 0.1) is 12.9 Å². The fourth-order valence-corrected chi connectivity index (χ4v) is 1.76. The smallest absolute Gasteiger partial charge is 0.251 e. The van der Waals surface area contributed by atoms with Crippen molar-refractivity contribution in [1.82, 2.24) is 15.3 Å². The molecule has 20 heavy (non-hydrogen) atoms. The van der Waals surface area contributed by atoms with Crippen LogP contribution < -0.4 is 10.1 Å². The molecule has 1 aromatic heterocycles. The van der Waals surface area contributed by atoms with Gasteiger partial charge in [-0.25, -0.2) is 4.98 Å². The maximum atomic E-state index is 11.9. The number of hydrogen-bond donors (Lipinski definition) is 2. The number of nitrogens with one attached hydrogen (secondary N) is 2. The summed E-state index contributed by atoms with van der Waals surface area (Å²) in [6.45, 7) is 3.33. The predicted octanol–water partition coefficient (Wildman–Crippen LogP) is 2.17. The van der Waals surface area contributed by atoms with Crippen LogP contribution in [0.1, 0.15) is 29.4 Å². The van der Waals surface area contributed by atoms with Crippen LogP contribution in [-0.4, -0.2) is 29.0 Å². The van der Waals surface area contributed by atoms with Gasteiger partial charge in [-0.05, 0) is 30.7 Å². The highest BCUT2D eigenvalue weighted by Crippen LogP contribution is 2.12. The van der Waals surface area contributed by atoms with Gasteiger partial charge in [-0.15, -0.1) is 0 Å². The van der Waals surface area contributed by atoms with Crippen LogP contribution in [0.4, 0.5) is 0 Å². The van der Waals surface area contributed by atoms with E-state index in [1.807, 2.05) is 12.1 Å². The highest BCUT2D eigenvalue weighted by atomic mass is 16.5. The van der Waals surface area contributed by atoms with Gasteiger partial charge in [-0.1, -0.05) is 6.92 Å². The Kier molecular flexibility index (Phi) is 5.17. The third kappa shape index (κ3) is 4.12. The number of aromatic amines is 1. The van der Waals surface area contributed by atoms with Crippen molar-refractivity contribution in [2.45, 2.75) is 19.8 Å². The monoisotopic (exact) mass is 273 g/mol. The number of carbonyl (C=O) groups is 1. The largest absolute Gasteiger partial charge is 0.494 e. The minimum atomic E-state index is -0.0773. The summed E-state index contributed by atoms with van der Waals surface area (Å²) in [7, 11) is 0. The molecule has 5 nitrogen and oxygen atoms in total. The maximum Gasteiger partial charge on any atom is 0.251 e. The van der Waals surface area contributed by atoms with Gasteiger partial charge in [-0.3, -0.25) is 4.79 Å². The second-order valence-electron chi connectivity index (χ2n) is 4.46. The number of ether oxygens (including phenoxy) is 1. The topological polar surface area (TPSA) is 67.0 Å². The van der Waals surface area contributed by atoms with Gasteiger partial charge < -0.3 is 15.0 Å². The molecular formula is C15H19N3O2. The minimum absolute atomic E-state index is 0.0773. The van der Waals surface area contributed by atoms with Crippen LogP contribution in [0, 0.1) is 0 Å². The average Bonchev–Trinajstić information content (AvgIpc) is 2.99. The summed E-state index contributed by atoms with van der Waals surface area (Å²) < 4.78 is 5.48. The molecule has 106 valence electrons. The number of carbonyl (C=O) groups excluding carboxylic acids is 1. The molecule has 0 unspecified atom stereocenters. The molecule has 0 spiro atoms. The molecule has 0 aliphatic rings. The number of amides is 1. The Balaban J connectivity index is 1.79. The number of benzene rings is 1. The second kappa shape index (κ2) is 7.33. The van der Waals surface area contributed by atoms with Crippen LogP contribution in [0.3, 0.4) is 0 Å². The summed E-state index contributed by atoms with van der Waals surface area (Å²) in [5, 5.41) is 2.87. The molecule has 0 radical (unpaired) electrons. The first kappa shape index (κ1) is 14.1. The second-order valence-corrected chi connectivity index (χ2v) is 4.46. The molecule has 1 heterocycles. The highest BCUT2D eigenvalue weighted by Gasteiger charge is 2.05. The normalized spacial score (nSPS) is 10.2. The first-order valence-electron chi connectivity index (χ1n) is 6.78. The van der Waals surface area contributed by atoms with Crippen LogP contribution in [0.2, 0.25) is 0 Å². The molecule has 0 saturated heterocycles. The summed E-state index contributed by atoms with van der Waals surface area (Å²) in [5.41, 5.74) is 1.65. The zero-order chi connectivity index (χ0) is 14.2. The Morgan fingerprint density at radius 3 is 2.80 bits per heavy atom. The van der Waals surface area contributed by atoms with Crippen molar-refractivity contribution < 1.29 is 9.53 Å². The Morgan fingerprint density at radius 2 is 2.15 bits per heavy atom. The number of aromatic nitrogens is 2. The molecule has 0 atom stereocenters. The third-order valence-electron chi connectivity index (χ3n) is 2.82. The third-order valence-corrected chi connectivity index (χ3v) is 2.82. The Labute approximate surface area is 118 Å². The van der Waals surface area contributed by atoms with Crippen molar-refractivity contribution in [1.29, 1.82) is 0 Å². The number of hydrogen-bond acceptors (Lipinski definition) is 3. The van der Waals surface area contributed by atoms with Crippen LogP contribution in [0.25, 0.3) is 0 Å². The number of rotatable bonds is 7. The summed E-state index contributed by atoms with van der Waals surface area (Å²) in [5.74, 6) is 0.715. The molecule has 1 aromatic carbocycles. The zero-order valence-electron chi connectivity index (χ0n) is 11.6. The first-order valence-corrected chi connectivity index (χ1v) is 6.78. The van der Waals surface area contributed by atoms with E-state index in [-0.39, 0.29) is 5.91 Å².